The van der Waals surface area contributed by atoms with Crippen LogP contribution in [0.15, 0.2) is 47.1 Å². The van der Waals surface area contributed by atoms with Gasteiger partial charge in [-0.1, -0.05) is 22.0 Å². The van der Waals surface area contributed by atoms with Gasteiger partial charge in [-0.05, 0) is 49.6 Å². The number of H-pyrrole nitrogens is 1. The second-order valence-corrected chi connectivity index (χ2v) is 10.7. The molecule has 2 saturated heterocycles. The maximum absolute atomic E-state index is 13.9. The minimum Gasteiger partial charge on any atom is -0.339 e. The summed E-state index contributed by atoms with van der Waals surface area (Å²) in [5.41, 5.74) is 2.23. The van der Waals surface area contributed by atoms with Crippen LogP contribution in [0.3, 0.4) is 0 Å². The Kier molecular flexibility index (Phi) is 5.59. The summed E-state index contributed by atoms with van der Waals surface area (Å²) >= 11 is 3.64. The van der Waals surface area contributed by atoms with Crippen molar-refractivity contribution < 1.29 is 18.8 Å². The number of nitrogens with one attached hydrogen (secondary N) is 1. The Morgan fingerprint density at radius 1 is 1.14 bits per heavy atom. The summed E-state index contributed by atoms with van der Waals surface area (Å²) in [4.78, 5) is 44.9. The molecule has 186 valence electrons. The van der Waals surface area contributed by atoms with Gasteiger partial charge < -0.3 is 14.7 Å². The van der Waals surface area contributed by atoms with Crippen LogP contribution in [-0.2, 0) is 15.0 Å². The molecule has 6 rings (SSSR count). The third-order valence-corrected chi connectivity index (χ3v) is 8.44. The Hall–Kier alpha value is -3.27. The molecule has 8 nitrogen and oxygen atoms in total. The van der Waals surface area contributed by atoms with Crippen molar-refractivity contribution >= 4 is 50.2 Å². The van der Waals surface area contributed by atoms with Crippen LogP contribution in [0, 0.1) is 0 Å². The van der Waals surface area contributed by atoms with Crippen LogP contribution in [0.2, 0.25) is 0 Å². The van der Waals surface area contributed by atoms with E-state index in [9.17, 15) is 18.8 Å². The number of likely N-dealkylation sites (tertiary alicyclic amines) is 2. The molecule has 2 aromatic carbocycles. The van der Waals surface area contributed by atoms with E-state index in [4.69, 9.17) is 0 Å². The minimum atomic E-state index is -1.01. The standard InChI is InChI=1S/C26H25BrFN5O3/c27-19-2-1-3-21-23(19)26(25(36)33(21)15-22(34)32-9-6-18(28)14-32)7-10-31(11-8-26)24(35)16-4-5-20-17(12-16)13-29-30-20/h1-5,12-13,18H,6-11,14-15H2,(H,29,30). The number of hydrogen-bond donors (Lipinski definition) is 1. The van der Waals surface area contributed by atoms with Gasteiger partial charge in [0.2, 0.25) is 11.8 Å². The monoisotopic (exact) mass is 553 g/mol. The highest BCUT2D eigenvalue weighted by molar-refractivity contribution is 9.10. The fraction of sp³-hybridized carbons (Fsp3) is 0.385. The molecule has 10 heteroatoms. The number of piperidine rings is 1. The Labute approximate surface area is 215 Å². The number of halogens is 2. The summed E-state index contributed by atoms with van der Waals surface area (Å²) in [6.07, 6.45) is 1.94. The first-order valence-corrected chi connectivity index (χ1v) is 12.9. The second kappa shape index (κ2) is 8.69. The molecule has 0 aliphatic carbocycles. The van der Waals surface area contributed by atoms with Crippen molar-refractivity contribution in [3.05, 3.63) is 58.2 Å². The molecule has 3 amide bonds. The Morgan fingerprint density at radius 2 is 1.94 bits per heavy atom. The topological polar surface area (TPSA) is 89.6 Å². The van der Waals surface area contributed by atoms with E-state index in [1.54, 1.807) is 22.1 Å². The average Bonchev–Trinajstić information content (AvgIpc) is 3.59. The normalized spacial score (nSPS) is 21.0. The first-order chi connectivity index (χ1) is 17.4. The number of alkyl halides is 1. The maximum atomic E-state index is 13.9. The fourth-order valence-electron chi connectivity index (χ4n) is 5.84. The van der Waals surface area contributed by atoms with Gasteiger partial charge in [0.25, 0.3) is 5.91 Å². The molecule has 2 fully saturated rings. The van der Waals surface area contributed by atoms with E-state index in [-0.39, 0.29) is 30.8 Å². The van der Waals surface area contributed by atoms with Crippen LogP contribution in [0.4, 0.5) is 10.1 Å². The molecule has 3 aliphatic heterocycles. The zero-order chi connectivity index (χ0) is 25.0. The van der Waals surface area contributed by atoms with Gasteiger partial charge >= 0.3 is 0 Å². The van der Waals surface area contributed by atoms with E-state index in [2.05, 4.69) is 26.1 Å². The predicted molar refractivity (Wildman–Crippen MR) is 135 cm³/mol. The summed E-state index contributed by atoms with van der Waals surface area (Å²) in [6.45, 7) is 1.20. The van der Waals surface area contributed by atoms with Crippen LogP contribution in [0.25, 0.3) is 10.9 Å². The first-order valence-electron chi connectivity index (χ1n) is 12.1. The number of fused-ring (bicyclic) bond motifs is 3. The molecule has 4 heterocycles. The number of rotatable bonds is 3. The Morgan fingerprint density at radius 3 is 2.69 bits per heavy atom. The van der Waals surface area contributed by atoms with Crippen LogP contribution in [0.1, 0.15) is 35.2 Å². The molecule has 0 bridgehead atoms. The third-order valence-electron chi connectivity index (χ3n) is 7.78. The van der Waals surface area contributed by atoms with E-state index in [0.717, 1.165) is 20.9 Å². The van der Waals surface area contributed by atoms with Gasteiger partial charge in [-0.15, -0.1) is 0 Å². The molecule has 0 saturated carbocycles. The molecule has 1 N–H and O–H groups in total. The fourth-order valence-corrected chi connectivity index (χ4v) is 6.57. The number of nitrogens with zero attached hydrogens (tertiary/aromatic N) is 4. The highest BCUT2D eigenvalue weighted by Crippen LogP contribution is 2.51. The van der Waals surface area contributed by atoms with Gasteiger partial charge in [0, 0.05) is 46.3 Å². The van der Waals surface area contributed by atoms with E-state index in [1.807, 2.05) is 30.3 Å². The number of anilines is 1. The van der Waals surface area contributed by atoms with E-state index in [1.165, 1.54) is 4.90 Å². The van der Waals surface area contributed by atoms with Crippen LogP contribution < -0.4 is 4.90 Å². The lowest BCUT2D eigenvalue weighted by molar-refractivity contribution is -0.132. The van der Waals surface area contributed by atoms with E-state index in [0.29, 0.717) is 50.1 Å². The van der Waals surface area contributed by atoms with Crippen molar-refractivity contribution in [2.45, 2.75) is 30.8 Å². The van der Waals surface area contributed by atoms with Gasteiger partial charge in [-0.25, -0.2) is 4.39 Å². The second-order valence-electron chi connectivity index (χ2n) is 9.80. The SMILES string of the molecule is O=C(CN1C(=O)C2(CCN(C(=O)c3ccc4[nH]ncc4c3)CC2)c2c(Br)cccc21)N1CCC(F)C1. The molecule has 1 atom stereocenters. The average molecular weight is 554 g/mol. The number of carbonyl (C=O) groups excluding carboxylic acids is 3. The van der Waals surface area contributed by atoms with Gasteiger partial charge in [0.05, 0.1) is 23.7 Å². The van der Waals surface area contributed by atoms with Crippen LogP contribution >= 0.6 is 15.9 Å². The number of aromatic nitrogens is 2. The summed E-state index contributed by atoms with van der Waals surface area (Å²) in [7, 11) is 0. The summed E-state index contributed by atoms with van der Waals surface area (Å²) in [5.74, 6) is -0.443. The number of aromatic amines is 1. The molecule has 3 aromatic rings. The number of hydrogen-bond acceptors (Lipinski definition) is 4. The van der Waals surface area contributed by atoms with Crippen molar-refractivity contribution in [3.63, 3.8) is 0 Å². The van der Waals surface area contributed by atoms with E-state index < -0.39 is 11.6 Å². The number of amides is 3. The Bertz CT molecular complexity index is 1380. The highest BCUT2D eigenvalue weighted by Gasteiger charge is 2.54. The van der Waals surface area contributed by atoms with Crippen molar-refractivity contribution in [3.8, 4) is 0 Å². The molecular weight excluding hydrogens is 529 g/mol. The van der Waals surface area contributed by atoms with Crippen molar-refractivity contribution in [2.75, 3.05) is 37.6 Å². The molecular formula is C26H25BrFN5O3. The van der Waals surface area contributed by atoms with Crippen molar-refractivity contribution in [1.29, 1.82) is 0 Å². The Balaban J connectivity index is 1.24. The smallest absolute Gasteiger partial charge is 0.253 e. The quantitative estimate of drug-likeness (QED) is 0.538. The van der Waals surface area contributed by atoms with Crippen LogP contribution in [0.5, 0.6) is 0 Å². The molecule has 1 spiro atoms. The minimum absolute atomic E-state index is 0.0763. The summed E-state index contributed by atoms with van der Waals surface area (Å²) < 4.78 is 14.5. The molecule has 1 aromatic heterocycles. The van der Waals surface area contributed by atoms with Crippen molar-refractivity contribution in [1.82, 2.24) is 20.0 Å². The largest absolute Gasteiger partial charge is 0.339 e. The van der Waals surface area contributed by atoms with Gasteiger partial charge in [0.15, 0.2) is 0 Å². The number of benzene rings is 2. The van der Waals surface area contributed by atoms with Gasteiger partial charge in [-0.3, -0.25) is 19.5 Å². The lowest BCUT2D eigenvalue weighted by Gasteiger charge is -2.39. The van der Waals surface area contributed by atoms with E-state index >= 15 is 0 Å². The van der Waals surface area contributed by atoms with Gasteiger partial charge in [0.1, 0.15) is 12.7 Å². The predicted octanol–water partition coefficient (Wildman–Crippen LogP) is 3.42. The van der Waals surface area contributed by atoms with Gasteiger partial charge in [-0.2, -0.15) is 5.10 Å². The molecule has 3 aliphatic rings. The first kappa shape index (κ1) is 23.1. The lowest BCUT2D eigenvalue weighted by Crippen LogP contribution is -2.51. The number of carbonyl (C=O) groups is 3. The summed E-state index contributed by atoms with van der Waals surface area (Å²) in [5, 5.41) is 7.77. The molecule has 1 unspecified atom stereocenters. The zero-order valence-electron chi connectivity index (χ0n) is 19.5. The zero-order valence-corrected chi connectivity index (χ0v) is 21.1. The maximum Gasteiger partial charge on any atom is 0.253 e. The highest BCUT2D eigenvalue weighted by atomic mass is 79.9. The molecule has 0 radical (unpaired) electrons. The molecule has 36 heavy (non-hydrogen) atoms. The van der Waals surface area contributed by atoms with Crippen molar-refractivity contribution in [2.24, 2.45) is 0 Å². The van der Waals surface area contributed by atoms with Crippen LogP contribution in [-0.4, -0.2) is 76.6 Å². The summed E-state index contributed by atoms with van der Waals surface area (Å²) in [6, 6.07) is 11.1. The lowest BCUT2D eigenvalue weighted by atomic mass is 9.73. The third kappa shape index (κ3) is 3.61.